The third kappa shape index (κ3) is 4.03. The number of nitro benzene ring substituents is 1. The van der Waals surface area contributed by atoms with E-state index in [-0.39, 0.29) is 16.7 Å². The lowest BCUT2D eigenvalue weighted by Gasteiger charge is -2.37. The summed E-state index contributed by atoms with van der Waals surface area (Å²) in [7, 11) is 0. The SMILES string of the molecule is Cc1ccc(C(C)NC2CCCC(C)(C)C2)cc1[N+](=O)[O-]. The smallest absolute Gasteiger partial charge is 0.272 e. The summed E-state index contributed by atoms with van der Waals surface area (Å²) in [5.41, 5.74) is 2.32. The van der Waals surface area contributed by atoms with E-state index < -0.39 is 0 Å². The molecule has 0 saturated heterocycles. The van der Waals surface area contributed by atoms with E-state index in [1.807, 2.05) is 12.1 Å². The Morgan fingerprint density at radius 3 is 2.76 bits per heavy atom. The Morgan fingerprint density at radius 1 is 1.43 bits per heavy atom. The van der Waals surface area contributed by atoms with Gasteiger partial charge in [0, 0.05) is 23.7 Å². The Hall–Kier alpha value is -1.42. The van der Waals surface area contributed by atoms with Gasteiger partial charge < -0.3 is 5.32 Å². The first kappa shape index (κ1) is 16.0. The fourth-order valence-corrected chi connectivity index (χ4v) is 3.38. The number of rotatable bonds is 4. The second-order valence-electron chi connectivity index (χ2n) is 7.15. The maximum Gasteiger partial charge on any atom is 0.272 e. The van der Waals surface area contributed by atoms with Crippen LogP contribution in [0.25, 0.3) is 0 Å². The number of nitrogens with zero attached hydrogens (tertiary/aromatic N) is 1. The second kappa shape index (κ2) is 6.14. The Morgan fingerprint density at radius 2 is 2.14 bits per heavy atom. The molecule has 0 bridgehead atoms. The van der Waals surface area contributed by atoms with E-state index in [0.717, 1.165) is 11.1 Å². The molecular formula is C17H26N2O2. The highest BCUT2D eigenvalue weighted by atomic mass is 16.6. The summed E-state index contributed by atoms with van der Waals surface area (Å²) in [5.74, 6) is 0. The fraction of sp³-hybridized carbons (Fsp3) is 0.647. The molecule has 116 valence electrons. The first-order valence-electron chi connectivity index (χ1n) is 7.79. The van der Waals surface area contributed by atoms with Crippen molar-refractivity contribution < 1.29 is 4.92 Å². The van der Waals surface area contributed by atoms with Gasteiger partial charge in [0.1, 0.15) is 0 Å². The van der Waals surface area contributed by atoms with Crippen LogP contribution in [0.3, 0.4) is 0 Å². The van der Waals surface area contributed by atoms with Crippen molar-refractivity contribution in [3.8, 4) is 0 Å². The molecule has 2 rings (SSSR count). The van der Waals surface area contributed by atoms with Crippen molar-refractivity contribution >= 4 is 5.69 Å². The summed E-state index contributed by atoms with van der Waals surface area (Å²) in [6.07, 6.45) is 4.91. The molecule has 2 unspecified atom stereocenters. The molecule has 0 aromatic heterocycles. The van der Waals surface area contributed by atoms with Crippen molar-refractivity contribution in [2.75, 3.05) is 0 Å². The zero-order chi connectivity index (χ0) is 15.6. The van der Waals surface area contributed by atoms with Gasteiger partial charge in [-0.25, -0.2) is 0 Å². The minimum Gasteiger partial charge on any atom is -0.307 e. The summed E-state index contributed by atoms with van der Waals surface area (Å²) >= 11 is 0. The van der Waals surface area contributed by atoms with E-state index >= 15 is 0 Å². The molecule has 0 amide bonds. The Labute approximate surface area is 127 Å². The van der Waals surface area contributed by atoms with Crippen molar-refractivity contribution in [1.29, 1.82) is 0 Å². The molecular weight excluding hydrogens is 264 g/mol. The molecule has 1 N–H and O–H groups in total. The molecule has 0 radical (unpaired) electrons. The standard InChI is InChI=1S/C17H26N2O2/c1-12-7-8-14(10-16(12)19(20)21)13(2)18-15-6-5-9-17(3,4)11-15/h7-8,10,13,15,18H,5-6,9,11H2,1-4H3. The van der Waals surface area contributed by atoms with Crippen LogP contribution in [0, 0.1) is 22.5 Å². The van der Waals surface area contributed by atoms with Gasteiger partial charge in [-0.15, -0.1) is 0 Å². The highest BCUT2D eigenvalue weighted by Crippen LogP contribution is 2.36. The van der Waals surface area contributed by atoms with Crippen LogP contribution in [0.2, 0.25) is 0 Å². The van der Waals surface area contributed by atoms with Gasteiger partial charge in [-0.1, -0.05) is 32.4 Å². The van der Waals surface area contributed by atoms with Gasteiger partial charge >= 0.3 is 0 Å². The molecule has 1 saturated carbocycles. The summed E-state index contributed by atoms with van der Waals surface area (Å²) in [6.45, 7) is 8.52. The zero-order valence-corrected chi connectivity index (χ0v) is 13.5. The molecule has 4 nitrogen and oxygen atoms in total. The predicted octanol–water partition coefficient (Wildman–Crippen LogP) is 4.52. The summed E-state index contributed by atoms with van der Waals surface area (Å²) < 4.78 is 0. The van der Waals surface area contributed by atoms with Crippen LogP contribution in [0.5, 0.6) is 0 Å². The van der Waals surface area contributed by atoms with Gasteiger partial charge in [0.05, 0.1) is 4.92 Å². The average molecular weight is 290 g/mol. The van der Waals surface area contributed by atoms with Crippen LogP contribution in [0.1, 0.15) is 63.6 Å². The summed E-state index contributed by atoms with van der Waals surface area (Å²) in [4.78, 5) is 10.8. The van der Waals surface area contributed by atoms with E-state index in [2.05, 4.69) is 26.1 Å². The number of nitrogens with one attached hydrogen (secondary N) is 1. The predicted molar refractivity (Wildman–Crippen MR) is 85.4 cm³/mol. The molecule has 0 aliphatic heterocycles. The van der Waals surface area contributed by atoms with Gasteiger partial charge in [0.25, 0.3) is 5.69 Å². The first-order valence-corrected chi connectivity index (χ1v) is 7.79. The molecule has 1 fully saturated rings. The minimum absolute atomic E-state index is 0.142. The maximum atomic E-state index is 11.1. The molecule has 1 aliphatic carbocycles. The number of aryl methyl sites for hydroxylation is 1. The first-order chi connectivity index (χ1) is 9.78. The third-order valence-corrected chi connectivity index (χ3v) is 4.62. The number of hydrogen-bond acceptors (Lipinski definition) is 3. The monoisotopic (exact) mass is 290 g/mol. The average Bonchev–Trinajstić information content (AvgIpc) is 2.37. The van der Waals surface area contributed by atoms with Crippen LogP contribution < -0.4 is 5.32 Å². The Kier molecular flexibility index (Phi) is 4.67. The largest absolute Gasteiger partial charge is 0.307 e. The molecule has 1 aromatic rings. The van der Waals surface area contributed by atoms with Crippen molar-refractivity contribution in [1.82, 2.24) is 5.32 Å². The molecule has 0 heterocycles. The van der Waals surface area contributed by atoms with Crippen molar-refractivity contribution in [2.45, 2.75) is 65.5 Å². The topological polar surface area (TPSA) is 55.2 Å². The molecule has 4 heteroatoms. The van der Waals surface area contributed by atoms with Crippen molar-refractivity contribution in [3.63, 3.8) is 0 Å². The molecule has 1 aromatic carbocycles. The van der Waals surface area contributed by atoms with E-state index in [1.54, 1.807) is 13.0 Å². The van der Waals surface area contributed by atoms with Crippen LogP contribution in [0.4, 0.5) is 5.69 Å². The highest BCUT2D eigenvalue weighted by Gasteiger charge is 2.28. The van der Waals surface area contributed by atoms with Crippen LogP contribution in [-0.4, -0.2) is 11.0 Å². The number of hydrogen-bond donors (Lipinski definition) is 1. The molecule has 21 heavy (non-hydrogen) atoms. The van der Waals surface area contributed by atoms with Crippen LogP contribution in [-0.2, 0) is 0 Å². The van der Waals surface area contributed by atoms with Gasteiger partial charge in [0.15, 0.2) is 0 Å². The highest BCUT2D eigenvalue weighted by molar-refractivity contribution is 5.43. The quantitative estimate of drug-likeness (QED) is 0.655. The minimum atomic E-state index is -0.296. The number of nitro groups is 1. The molecule has 2 atom stereocenters. The second-order valence-corrected chi connectivity index (χ2v) is 7.15. The van der Waals surface area contributed by atoms with E-state index in [4.69, 9.17) is 0 Å². The van der Waals surface area contributed by atoms with Gasteiger partial charge in [0.2, 0.25) is 0 Å². The van der Waals surface area contributed by atoms with Crippen LogP contribution in [0.15, 0.2) is 18.2 Å². The van der Waals surface area contributed by atoms with Crippen molar-refractivity contribution in [2.24, 2.45) is 5.41 Å². The lowest BCUT2D eigenvalue weighted by Crippen LogP contribution is -2.38. The zero-order valence-electron chi connectivity index (χ0n) is 13.5. The maximum absolute atomic E-state index is 11.1. The van der Waals surface area contributed by atoms with Gasteiger partial charge in [-0.3, -0.25) is 10.1 Å². The Bertz CT molecular complexity index is 526. The fourth-order valence-electron chi connectivity index (χ4n) is 3.38. The van der Waals surface area contributed by atoms with Gasteiger partial charge in [-0.2, -0.15) is 0 Å². The normalized spacial score (nSPS) is 22.8. The van der Waals surface area contributed by atoms with Gasteiger partial charge in [-0.05, 0) is 44.1 Å². The van der Waals surface area contributed by atoms with E-state index in [1.165, 1.54) is 25.7 Å². The molecule has 1 aliphatic rings. The van der Waals surface area contributed by atoms with E-state index in [0.29, 0.717) is 11.5 Å². The summed E-state index contributed by atoms with van der Waals surface area (Å²) in [5, 5.41) is 14.7. The Balaban J connectivity index is 2.08. The lowest BCUT2D eigenvalue weighted by atomic mass is 9.75. The number of benzene rings is 1. The summed E-state index contributed by atoms with van der Waals surface area (Å²) in [6, 6.07) is 6.19. The van der Waals surface area contributed by atoms with Crippen LogP contribution >= 0.6 is 0 Å². The molecule has 0 spiro atoms. The lowest BCUT2D eigenvalue weighted by molar-refractivity contribution is -0.385. The third-order valence-electron chi connectivity index (χ3n) is 4.62. The van der Waals surface area contributed by atoms with Crippen molar-refractivity contribution in [3.05, 3.63) is 39.4 Å². The van der Waals surface area contributed by atoms with E-state index in [9.17, 15) is 10.1 Å².